The highest BCUT2D eigenvalue weighted by Crippen LogP contribution is 2.31. The number of carbonyl (C=O) groups is 1. The van der Waals surface area contributed by atoms with Crippen molar-refractivity contribution >= 4 is 5.91 Å². The number of aryl methyl sites for hydroxylation is 2. The van der Waals surface area contributed by atoms with Gasteiger partial charge in [0, 0.05) is 18.5 Å². The van der Waals surface area contributed by atoms with E-state index in [2.05, 4.69) is 5.16 Å². The molecule has 5 heteroatoms. The molecule has 4 nitrogen and oxygen atoms in total. The van der Waals surface area contributed by atoms with E-state index in [1.807, 2.05) is 18.7 Å². The van der Waals surface area contributed by atoms with E-state index < -0.39 is 0 Å². The molecule has 1 aromatic carbocycles. The molecule has 2 heterocycles. The minimum atomic E-state index is -0.245. The third kappa shape index (κ3) is 3.50. The summed E-state index contributed by atoms with van der Waals surface area (Å²) < 4.78 is 18.3. The van der Waals surface area contributed by atoms with Gasteiger partial charge in [0.05, 0.1) is 11.7 Å². The van der Waals surface area contributed by atoms with Crippen molar-refractivity contribution in [3.63, 3.8) is 0 Å². The van der Waals surface area contributed by atoms with Crippen molar-refractivity contribution in [2.24, 2.45) is 0 Å². The number of hydrogen-bond donors (Lipinski definition) is 0. The Hall–Kier alpha value is -2.17. The van der Waals surface area contributed by atoms with Crippen LogP contribution < -0.4 is 0 Å². The van der Waals surface area contributed by atoms with Crippen LogP contribution in [0.25, 0.3) is 0 Å². The maximum Gasteiger partial charge on any atom is 0.223 e. The fourth-order valence-electron chi connectivity index (χ4n) is 3.50. The van der Waals surface area contributed by atoms with Gasteiger partial charge in [-0.3, -0.25) is 4.79 Å². The van der Waals surface area contributed by atoms with E-state index in [-0.39, 0.29) is 17.8 Å². The van der Waals surface area contributed by atoms with E-state index >= 15 is 0 Å². The Kier molecular flexibility index (Phi) is 4.97. The van der Waals surface area contributed by atoms with Crippen LogP contribution in [-0.4, -0.2) is 22.5 Å². The van der Waals surface area contributed by atoms with Gasteiger partial charge in [-0.15, -0.1) is 0 Å². The van der Waals surface area contributed by atoms with E-state index in [1.54, 1.807) is 12.1 Å². The SMILES string of the molecule is Cc1noc(C)c1CCC(=O)N1CCCC[C@@H]1c1ccc(F)cc1. The first-order chi connectivity index (χ1) is 11.6. The lowest BCUT2D eigenvalue weighted by Gasteiger charge is -2.36. The lowest BCUT2D eigenvalue weighted by atomic mass is 9.94. The maximum absolute atomic E-state index is 13.2. The molecule has 3 rings (SSSR count). The van der Waals surface area contributed by atoms with Gasteiger partial charge in [0.2, 0.25) is 5.91 Å². The summed E-state index contributed by atoms with van der Waals surface area (Å²) in [5.74, 6) is 0.684. The Labute approximate surface area is 141 Å². The molecule has 0 aliphatic carbocycles. The summed E-state index contributed by atoms with van der Waals surface area (Å²) in [5.41, 5.74) is 2.90. The number of nitrogens with zero attached hydrogens (tertiary/aromatic N) is 2. The Morgan fingerprint density at radius 3 is 2.71 bits per heavy atom. The molecule has 0 saturated carbocycles. The molecule has 24 heavy (non-hydrogen) atoms. The number of carbonyl (C=O) groups excluding carboxylic acids is 1. The first-order valence-corrected chi connectivity index (χ1v) is 8.53. The van der Waals surface area contributed by atoms with Crippen LogP contribution in [0, 0.1) is 19.7 Å². The fraction of sp³-hybridized carbons (Fsp3) is 0.474. The van der Waals surface area contributed by atoms with E-state index in [4.69, 9.17) is 4.52 Å². The quantitative estimate of drug-likeness (QED) is 0.847. The summed E-state index contributed by atoms with van der Waals surface area (Å²) in [4.78, 5) is 14.7. The highest BCUT2D eigenvalue weighted by Gasteiger charge is 2.28. The van der Waals surface area contributed by atoms with Gasteiger partial charge in [-0.05, 0) is 57.2 Å². The topological polar surface area (TPSA) is 46.3 Å². The van der Waals surface area contributed by atoms with Crippen LogP contribution in [0.15, 0.2) is 28.8 Å². The number of piperidine rings is 1. The zero-order valence-corrected chi connectivity index (χ0v) is 14.2. The zero-order valence-electron chi connectivity index (χ0n) is 14.2. The summed E-state index contributed by atoms with van der Waals surface area (Å²) in [6.45, 7) is 4.54. The van der Waals surface area contributed by atoms with Gasteiger partial charge in [0.1, 0.15) is 11.6 Å². The van der Waals surface area contributed by atoms with Gasteiger partial charge in [-0.1, -0.05) is 17.3 Å². The highest BCUT2D eigenvalue weighted by molar-refractivity contribution is 5.77. The lowest BCUT2D eigenvalue weighted by Crippen LogP contribution is -2.38. The average Bonchev–Trinajstić information content (AvgIpc) is 2.92. The summed E-state index contributed by atoms with van der Waals surface area (Å²) >= 11 is 0. The lowest BCUT2D eigenvalue weighted by molar-refractivity contribution is -0.135. The molecule has 2 aromatic rings. The van der Waals surface area contributed by atoms with Gasteiger partial charge >= 0.3 is 0 Å². The molecule has 1 amide bonds. The first-order valence-electron chi connectivity index (χ1n) is 8.53. The molecule has 0 N–H and O–H groups in total. The molecule has 0 unspecified atom stereocenters. The van der Waals surface area contributed by atoms with Crippen molar-refractivity contribution in [2.75, 3.05) is 6.54 Å². The first kappa shape index (κ1) is 16.7. The van der Waals surface area contributed by atoms with Crippen LogP contribution in [-0.2, 0) is 11.2 Å². The standard InChI is InChI=1S/C19H23FN2O2/c1-13-17(14(2)24-21-13)10-11-19(23)22-12-4-3-5-18(22)15-6-8-16(20)9-7-15/h6-9,18H,3-5,10-12H2,1-2H3/t18-/m1/s1. The van der Waals surface area contributed by atoms with Gasteiger partial charge in [-0.25, -0.2) is 4.39 Å². The van der Waals surface area contributed by atoms with Gasteiger partial charge in [0.25, 0.3) is 0 Å². The Morgan fingerprint density at radius 2 is 2.04 bits per heavy atom. The van der Waals surface area contributed by atoms with E-state index in [0.29, 0.717) is 12.8 Å². The van der Waals surface area contributed by atoms with Crippen molar-refractivity contribution in [3.8, 4) is 0 Å². The van der Waals surface area contributed by atoms with E-state index in [1.165, 1.54) is 12.1 Å². The molecule has 1 atom stereocenters. The summed E-state index contributed by atoms with van der Waals surface area (Å²) in [6, 6.07) is 6.57. The van der Waals surface area contributed by atoms with Crippen LogP contribution in [0.1, 0.15) is 54.3 Å². The Morgan fingerprint density at radius 1 is 1.29 bits per heavy atom. The minimum absolute atomic E-state index is 0.0523. The second-order valence-electron chi connectivity index (χ2n) is 6.45. The average molecular weight is 330 g/mol. The number of likely N-dealkylation sites (tertiary alicyclic amines) is 1. The molecule has 0 radical (unpaired) electrons. The molecule has 1 aromatic heterocycles. The molecule has 1 fully saturated rings. The van der Waals surface area contributed by atoms with Crippen molar-refractivity contribution in [2.45, 2.75) is 52.0 Å². The Balaban J connectivity index is 1.70. The van der Waals surface area contributed by atoms with Crippen molar-refractivity contribution < 1.29 is 13.7 Å². The third-order valence-electron chi connectivity index (χ3n) is 4.85. The maximum atomic E-state index is 13.2. The summed E-state index contributed by atoms with van der Waals surface area (Å²) in [6.07, 6.45) is 4.14. The predicted molar refractivity (Wildman–Crippen MR) is 89.0 cm³/mol. The molecular weight excluding hydrogens is 307 g/mol. The van der Waals surface area contributed by atoms with Crippen LogP contribution in [0.3, 0.4) is 0 Å². The summed E-state index contributed by atoms with van der Waals surface area (Å²) in [7, 11) is 0. The monoisotopic (exact) mass is 330 g/mol. The highest BCUT2D eigenvalue weighted by atomic mass is 19.1. The number of hydrogen-bond acceptors (Lipinski definition) is 3. The van der Waals surface area contributed by atoms with Crippen molar-refractivity contribution in [3.05, 3.63) is 52.7 Å². The largest absolute Gasteiger partial charge is 0.361 e. The van der Waals surface area contributed by atoms with Crippen LogP contribution >= 0.6 is 0 Å². The smallest absolute Gasteiger partial charge is 0.223 e. The molecular formula is C19H23FN2O2. The number of amides is 1. The van der Waals surface area contributed by atoms with E-state index in [9.17, 15) is 9.18 Å². The van der Waals surface area contributed by atoms with Gasteiger partial charge in [0.15, 0.2) is 0 Å². The van der Waals surface area contributed by atoms with Gasteiger partial charge < -0.3 is 9.42 Å². The van der Waals surface area contributed by atoms with Crippen LogP contribution in [0.4, 0.5) is 4.39 Å². The third-order valence-corrected chi connectivity index (χ3v) is 4.85. The molecule has 128 valence electrons. The van der Waals surface area contributed by atoms with Crippen molar-refractivity contribution in [1.29, 1.82) is 0 Å². The number of aromatic nitrogens is 1. The second kappa shape index (κ2) is 7.16. The van der Waals surface area contributed by atoms with Crippen LogP contribution in [0.2, 0.25) is 0 Å². The Bertz CT molecular complexity index is 689. The second-order valence-corrected chi connectivity index (χ2v) is 6.45. The number of rotatable bonds is 4. The predicted octanol–water partition coefficient (Wildman–Crippen LogP) is 4.12. The minimum Gasteiger partial charge on any atom is -0.361 e. The fourth-order valence-corrected chi connectivity index (χ4v) is 3.50. The normalized spacial score (nSPS) is 18.0. The molecule has 1 aliphatic rings. The van der Waals surface area contributed by atoms with Crippen molar-refractivity contribution in [1.82, 2.24) is 10.1 Å². The van der Waals surface area contributed by atoms with E-state index in [0.717, 1.165) is 48.4 Å². The summed E-state index contributed by atoms with van der Waals surface area (Å²) in [5, 5.41) is 3.94. The molecule has 1 saturated heterocycles. The number of benzene rings is 1. The molecule has 1 aliphatic heterocycles. The van der Waals surface area contributed by atoms with Gasteiger partial charge in [-0.2, -0.15) is 0 Å². The molecule has 0 bridgehead atoms. The molecule has 0 spiro atoms. The zero-order chi connectivity index (χ0) is 17.1. The van der Waals surface area contributed by atoms with Crippen LogP contribution in [0.5, 0.6) is 0 Å². The number of halogens is 1.